The summed E-state index contributed by atoms with van der Waals surface area (Å²) in [5.74, 6) is -0.807. The van der Waals surface area contributed by atoms with E-state index in [2.05, 4.69) is 0 Å². The van der Waals surface area contributed by atoms with Crippen molar-refractivity contribution in [3.05, 3.63) is 126 Å². The van der Waals surface area contributed by atoms with Gasteiger partial charge in [-0.15, -0.1) is 0 Å². The van der Waals surface area contributed by atoms with Crippen LogP contribution in [0.1, 0.15) is 33.5 Å². The van der Waals surface area contributed by atoms with Crippen molar-refractivity contribution in [2.24, 2.45) is 0 Å². The van der Waals surface area contributed by atoms with Gasteiger partial charge in [0.1, 0.15) is 0 Å². The van der Waals surface area contributed by atoms with E-state index in [9.17, 15) is 27.6 Å². The highest BCUT2D eigenvalue weighted by atomic mass is 19.4. The van der Waals surface area contributed by atoms with Gasteiger partial charge in [0.15, 0.2) is 0 Å². The molecule has 7 nitrogen and oxygen atoms in total. The topological polar surface area (TPSA) is 77.8 Å². The summed E-state index contributed by atoms with van der Waals surface area (Å²) >= 11 is 0. The second-order valence-corrected chi connectivity index (χ2v) is 10.9. The molecular weight excluding hydrogens is 609 g/mol. The van der Waals surface area contributed by atoms with Gasteiger partial charge in [-0.2, -0.15) is 13.2 Å². The number of esters is 1. The molecule has 1 amide bonds. The summed E-state index contributed by atoms with van der Waals surface area (Å²) in [5.41, 5.74) is 4.62. The molecule has 5 rings (SSSR count). The average Bonchev–Trinajstić information content (AvgIpc) is 3.38. The highest BCUT2D eigenvalue weighted by Crippen LogP contribution is 2.39. The van der Waals surface area contributed by atoms with Crippen LogP contribution in [-0.2, 0) is 27.0 Å². The van der Waals surface area contributed by atoms with Crippen molar-refractivity contribution >= 4 is 29.7 Å². The number of aromatic nitrogens is 1. The number of amides is 1. The van der Waals surface area contributed by atoms with Crippen molar-refractivity contribution in [3.8, 4) is 28.1 Å². The molecule has 0 aliphatic rings. The first kappa shape index (κ1) is 32.7. The molecule has 0 fully saturated rings. The van der Waals surface area contributed by atoms with Crippen LogP contribution in [0.2, 0.25) is 0 Å². The van der Waals surface area contributed by atoms with Crippen molar-refractivity contribution in [1.82, 2.24) is 4.57 Å². The number of ether oxygens (including phenoxy) is 2. The summed E-state index contributed by atoms with van der Waals surface area (Å²) in [6.07, 6.45) is -2.91. The lowest BCUT2D eigenvalue weighted by atomic mass is 9.97. The van der Waals surface area contributed by atoms with Crippen LogP contribution in [-0.4, -0.2) is 30.0 Å². The fourth-order valence-electron chi connectivity index (χ4n) is 5.33. The van der Waals surface area contributed by atoms with Crippen LogP contribution in [0.25, 0.3) is 22.3 Å². The van der Waals surface area contributed by atoms with Gasteiger partial charge in [-0.1, -0.05) is 72.3 Å². The molecule has 0 spiro atoms. The SMILES string of the molecule is COC(=O)CCn1cc(N(C(=O)c2ccccc2-c2ccc(C(F)(F)F)cc2)c2ccc(-c3ccc(C)cc3)cc2)c(C)c1OC=O. The summed E-state index contributed by atoms with van der Waals surface area (Å²) in [6.45, 7) is 4.06. The zero-order valence-electron chi connectivity index (χ0n) is 25.9. The van der Waals surface area contributed by atoms with E-state index in [1.807, 2.05) is 43.3 Å². The molecule has 240 valence electrons. The number of anilines is 2. The first-order chi connectivity index (χ1) is 22.5. The fourth-order valence-corrected chi connectivity index (χ4v) is 5.33. The Balaban J connectivity index is 1.64. The molecule has 0 saturated carbocycles. The van der Waals surface area contributed by atoms with Crippen LogP contribution in [0, 0.1) is 13.8 Å². The standard InChI is InChI=1S/C37H31F3N2O5/c1-24-8-10-26(11-9-24)27-14-18-30(19-15-27)42(33-22-41(21-20-34(44)46-3)36(25(33)2)47-23-43)35(45)32-7-5-4-6-31(32)28-12-16-29(17-13-28)37(38,39)40/h4-19,22-23H,20-21H2,1-3H3. The molecule has 4 aromatic carbocycles. The minimum atomic E-state index is -4.50. The van der Waals surface area contributed by atoms with E-state index in [1.165, 1.54) is 24.1 Å². The van der Waals surface area contributed by atoms with E-state index in [0.717, 1.165) is 28.8 Å². The van der Waals surface area contributed by atoms with Crippen LogP contribution in [0.4, 0.5) is 24.5 Å². The van der Waals surface area contributed by atoms with Crippen LogP contribution in [0.5, 0.6) is 5.88 Å². The summed E-state index contributed by atoms with van der Waals surface area (Å²) in [7, 11) is 1.27. The average molecular weight is 641 g/mol. The van der Waals surface area contributed by atoms with Crippen molar-refractivity contribution in [2.45, 2.75) is 33.0 Å². The van der Waals surface area contributed by atoms with Gasteiger partial charge < -0.3 is 14.0 Å². The predicted molar refractivity (Wildman–Crippen MR) is 172 cm³/mol. The highest BCUT2D eigenvalue weighted by Gasteiger charge is 2.31. The summed E-state index contributed by atoms with van der Waals surface area (Å²) < 4.78 is 51.5. The van der Waals surface area contributed by atoms with E-state index in [-0.39, 0.29) is 30.9 Å². The molecule has 0 saturated heterocycles. The molecule has 1 aromatic heterocycles. The summed E-state index contributed by atoms with van der Waals surface area (Å²) in [5, 5.41) is 0. The number of benzene rings is 4. The summed E-state index contributed by atoms with van der Waals surface area (Å²) in [4.78, 5) is 39.5. The number of aryl methyl sites for hydroxylation is 2. The lowest BCUT2D eigenvalue weighted by Crippen LogP contribution is -2.27. The Morgan fingerprint density at radius 2 is 1.43 bits per heavy atom. The molecule has 10 heteroatoms. The van der Waals surface area contributed by atoms with Gasteiger partial charge in [0.05, 0.1) is 24.8 Å². The van der Waals surface area contributed by atoms with Gasteiger partial charge in [-0.3, -0.25) is 19.3 Å². The van der Waals surface area contributed by atoms with Gasteiger partial charge in [0, 0.05) is 29.6 Å². The Morgan fingerprint density at radius 1 is 0.830 bits per heavy atom. The molecule has 1 heterocycles. The molecule has 5 aromatic rings. The van der Waals surface area contributed by atoms with Gasteiger partial charge in [0.25, 0.3) is 12.4 Å². The second kappa shape index (κ2) is 13.8. The van der Waals surface area contributed by atoms with Crippen LogP contribution >= 0.6 is 0 Å². The van der Waals surface area contributed by atoms with Gasteiger partial charge in [-0.25, -0.2) is 0 Å². The molecule has 0 aliphatic carbocycles. The van der Waals surface area contributed by atoms with Crippen LogP contribution < -0.4 is 9.64 Å². The normalized spacial score (nSPS) is 11.2. The van der Waals surface area contributed by atoms with E-state index in [0.29, 0.717) is 28.1 Å². The first-order valence-electron chi connectivity index (χ1n) is 14.7. The third-order valence-corrected chi connectivity index (χ3v) is 7.82. The Kier molecular flexibility index (Phi) is 9.60. The predicted octanol–water partition coefficient (Wildman–Crippen LogP) is 8.53. The molecular formula is C37H31F3N2O5. The molecule has 0 radical (unpaired) electrons. The van der Waals surface area contributed by atoms with Gasteiger partial charge >= 0.3 is 12.1 Å². The lowest BCUT2D eigenvalue weighted by molar-refractivity contribution is -0.141. The fraction of sp³-hybridized carbons (Fsp3) is 0.162. The lowest BCUT2D eigenvalue weighted by Gasteiger charge is -2.24. The van der Waals surface area contributed by atoms with E-state index < -0.39 is 23.6 Å². The third kappa shape index (κ3) is 7.12. The zero-order chi connectivity index (χ0) is 33.7. The maximum atomic E-state index is 14.7. The molecule has 0 bridgehead atoms. The largest absolute Gasteiger partial charge is 0.469 e. The maximum Gasteiger partial charge on any atom is 0.416 e. The van der Waals surface area contributed by atoms with Crippen molar-refractivity contribution in [2.75, 3.05) is 12.0 Å². The number of alkyl halides is 3. The Morgan fingerprint density at radius 3 is 2.02 bits per heavy atom. The zero-order valence-corrected chi connectivity index (χ0v) is 25.9. The quantitative estimate of drug-likeness (QED) is 0.113. The molecule has 0 unspecified atom stereocenters. The number of carbonyl (C=O) groups is 3. The Bertz CT molecular complexity index is 1900. The smallest absolute Gasteiger partial charge is 0.416 e. The third-order valence-electron chi connectivity index (χ3n) is 7.82. The molecule has 0 atom stereocenters. The number of methoxy groups -OCH3 is 1. The Hall–Kier alpha value is -5.64. The molecule has 47 heavy (non-hydrogen) atoms. The second-order valence-electron chi connectivity index (χ2n) is 10.9. The number of carbonyl (C=O) groups excluding carboxylic acids is 3. The summed E-state index contributed by atoms with van der Waals surface area (Å²) in [6, 6.07) is 26.6. The van der Waals surface area contributed by atoms with Crippen LogP contribution in [0.15, 0.2) is 103 Å². The van der Waals surface area contributed by atoms with Crippen molar-refractivity contribution in [1.29, 1.82) is 0 Å². The minimum Gasteiger partial charge on any atom is -0.469 e. The number of nitrogens with zero attached hydrogens (tertiary/aromatic N) is 2. The maximum absolute atomic E-state index is 14.7. The number of hydrogen-bond acceptors (Lipinski definition) is 5. The van der Waals surface area contributed by atoms with E-state index in [1.54, 1.807) is 54.1 Å². The number of halogens is 3. The first-order valence-corrected chi connectivity index (χ1v) is 14.7. The van der Waals surface area contributed by atoms with Crippen molar-refractivity contribution < 1.29 is 37.0 Å². The number of hydrogen-bond donors (Lipinski definition) is 0. The van der Waals surface area contributed by atoms with E-state index >= 15 is 0 Å². The minimum absolute atomic E-state index is 0.0186. The van der Waals surface area contributed by atoms with Gasteiger partial charge in [-0.05, 0) is 66.4 Å². The number of rotatable bonds is 10. The van der Waals surface area contributed by atoms with E-state index in [4.69, 9.17) is 9.47 Å². The molecule has 0 aliphatic heterocycles. The highest BCUT2D eigenvalue weighted by molar-refractivity contribution is 6.14. The Labute approximate surface area is 269 Å². The van der Waals surface area contributed by atoms with Crippen molar-refractivity contribution in [3.63, 3.8) is 0 Å². The molecule has 0 N–H and O–H groups in total. The van der Waals surface area contributed by atoms with Gasteiger partial charge in [0.2, 0.25) is 5.88 Å². The monoisotopic (exact) mass is 640 g/mol. The van der Waals surface area contributed by atoms with Crippen LogP contribution in [0.3, 0.4) is 0 Å².